The van der Waals surface area contributed by atoms with Crippen molar-refractivity contribution >= 4 is 11.7 Å². The molecule has 0 aromatic carbocycles. The van der Waals surface area contributed by atoms with Crippen molar-refractivity contribution in [2.45, 2.75) is 71.8 Å². The molecule has 118 valence electrons. The van der Waals surface area contributed by atoms with Crippen LogP contribution in [0.25, 0.3) is 0 Å². The lowest BCUT2D eigenvalue weighted by molar-refractivity contribution is 0.0937. The Morgan fingerprint density at radius 2 is 2.00 bits per heavy atom. The lowest BCUT2D eigenvalue weighted by Crippen LogP contribution is -2.32. The van der Waals surface area contributed by atoms with Crippen molar-refractivity contribution in [1.29, 1.82) is 0 Å². The fourth-order valence-corrected chi connectivity index (χ4v) is 2.38. The van der Waals surface area contributed by atoms with Gasteiger partial charge in [0.1, 0.15) is 5.82 Å². The monoisotopic (exact) mass is 291 g/mol. The first kappa shape index (κ1) is 17.5. The highest BCUT2D eigenvalue weighted by Crippen LogP contribution is 2.11. The molecule has 0 aliphatic rings. The Kier molecular flexibility index (Phi) is 7.80. The number of anilines is 1. The molecule has 4 nitrogen and oxygen atoms in total. The summed E-state index contributed by atoms with van der Waals surface area (Å²) in [7, 11) is 0. The second kappa shape index (κ2) is 9.37. The summed E-state index contributed by atoms with van der Waals surface area (Å²) >= 11 is 0. The normalized spacial score (nSPS) is 12.1. The first-order valence-corrected chi connectivity index (χ1v) is 8.14. The number of nitrogen functional groups attached to an aromatic ring is 1. The van der Waals surface area contributed by atoms with Crippen molar-refractivity contribution in [2.24, 2.45) is 0 Å². The Bertz CT molecular complexity index is 446. The van der Waals surface area contributed by atoms with Crippen molar-refractivity contribution < 1.29 is 4.79 Å². The predicted octanol–water partition coefficient (Wildman–Crippen LogP) is 3.71. The van der Waals surface area contributed by atoms with Crippen LogP contribution in [0.1, 0.15) is 75.3 Å². The smallest absolute Gasteiger partial charge is 0.251 e. The van der Waals surface area contributed by atoms with Crippen LogP contribution in [-0.2, 0) is 6.42 Å². The summed E-state index contributed by atoms with van der Waals surface area (Å²) in [5.74, 6) is 0.367. The molecule has 0 aliphatic carbocycles. The number of amides is 1. The van der Waals surface area contributed by atoms with E-state index in [-0.39, 0.29) is 11.9 Å². The number of hydrogen-bond acceptors (Lipinski definition) is 3. The van der Waals surface area contributed by atoms with Gasteiger partial charge in [0.05, 0.1) is 0 Å². The molecule has 0 radical (unpaired) electrons. The zero-order valence-electron chi connectivity index (χ0n) is 13.6. The number of carbonyl (C=O) groups excluding carboxylic acids is 1. The minimum absolute atomic E-state index is 0.0514. The predicted molar refractivity (Wildman–Crippen MR) is 88.3 cm³/mol. The molecular formula is C17H29N3O. The maximum atomic E-state index is 12.3. The number of carbonyl (C=O) groups is 1. The number of pyridine rings is 1. The maximum absolute atomic E-state index is 12.3. The summed E-state index contributed by atoms with van der Waals surface area (Å²) < 4.78 is 0. The number of rotatable bonds is 9. The molecule has 0 spiro atoms. The van der Waals surface area contributed by atoms with Gasteiger partial charge < -0.3 is 11.1 Å². The third kappa shape index (κ3) is 6.61. The quantitative estimate of drug-likeness (QED) is 0.682. The van der Waals surface area contributed by atoms with Crippen LogP contribution in [0, 0.1) is 0 Å². The second-order valence-electron chi connectivity index (χ2n) is 5.75. The third-order valence-electron chi connectivity index (χ3n) is 3.53. The van der Waals surface area contributed by atoms with E-state index in [9.17, 15) is 4.79 Å². The number of aryl methyl sites for hydroxylation is 1. The molecule has 0 aliphatic heterocycles. The number of nitrogens with zero attached hydrogens (tertiary/aromatic N) is 1. The standard InChI is InChI=1S/C17H29N3O/c1-4-6-7-8-10-13(3)19-17(21)14-11-15(9-5-2)20-16(18)12-14/h11-13H,4-10H2,1-3H3,(H2,18,20)(H,19,21). The lowest BCUT2D eigenvalue weighted by Gasteiger charge is -2.14. The van der Waals surface area contributed by atoms with E-state index in [0.29, 0.717) is 11.4 Å². The Hall–Kier alpha value is -1.58. The Morgan fingerprint density at radius 3 is 2.67 bits per heavy atom. The van der Waals surface area contributed by atoms with Gasteiger partial charge in [-0.25, -0.2) is 4.98 Å². The average Bonchev–Trinajstić information content (AvgIpc) is 2.43. The topological polar surface area (TPSA) is 68.0 Å². The highest BCUT2D eigenvalue weighted by Gasteiger charge is 2.11. The van der Waals surface area contributed by atoms with Gasteiger partial charge in [0, 0.05) is 17.3 Å². The summed E-state index contributed by atoms with van der Waals surface area (Å²) in [5.41, 5.74) is 7.28. The molecule has 1 aromatic rings. The van der Waals surface area contributed by atoms with Crippen molar-refractivity contribution in [1.82, 2.24) is 10.3 Å². The first-order valence-electron chi connectivity index (χ1n) is 8.14. The molecule has 21 heavy (non-hydrogen) atoms. The van der Waals surface area contributed by atoms with E-state index in [4.69, 9.17) is 5.73 Å². The van der Waals surface area contributed by atoms with Crippen LogP contribution in [0.15, 0.2) is 12.1 Å². The molecule has 1 atom stereocenters. The van der Waals surface area contributed by atoms with Crippen LogP contribution in [-0.4, -0.2) is 16.9 Å². The molecule has 1 amide bonds. The number of nitrogens with two attached hydrogens (primary N) is 1. The summed E-state index contributed by atoms with van der Waals surface area (Å²) in [5, 5.41) is 3.05. The van der Waals surface area contributed by atoms with Gasteiger partial charge in [-0.05, 0) is 31.9 Å². The largest absolute Gasteiger partial charge is 0.384 e. The van der Waals surface area contributed by atoms with Crippen LogP contribution < -0.4 is 11.1 Å². The summed E-state index contributed by atoms with van der Waals surface area (Å²) in [6.45, 7) is 6.34. The van der Waals surface area contributed by atoms with Crippen LogP contribution >= 0.6 is 0 Å². The van der Waals surface area contributed by atoms with E-state index < -0.39 is 0 Å². The molecule has 0 bridgehead atoms. The van der Waals surface area contributed by atoms with Gasteiger partial charge in [-0.3, -0.25) is 4.79 Å². The molecule has 0 saturated heterocycles. The summed E-state index contributed by atoms with van der Waals surface area (Å²) in [6, 6.07) is 3.69. The summed E-state index contributed by atoms with van der Waals surface area (Å²) in [6.07, 6.45) is 7.75. The van der Waals surface area contributed by atoms with Crippen molar-refractivity contribution in [3.63, 3.8) is 0 Å². The number of nitrogens with one attached hydrogen (secondary N) is 1. The summed E-state index contributed by atoms with van der Waals surface area (Å²) in [4.78, 5) is 16.5. The van der Waals surface area contributed by atoms with Crippen LogP contribution in [0.3, 0.4) is 0 Å². The first-order chi connectivity index (χ1) is 10.1. The highest BCUT2D eigenvalue weighted by atomic mass is 16.1. The SMILES string of the molecule is CCCCCCC(C)NC(=O)c1cc(N)nc(CCC)c1. The molecule has 3 N–H and O–H groups in total. The molecule has 1 unspecified atom stereocenters. The van der Waals surface area contributed by atoms with Gasteiger partial charge in [-0.2, -0.15) is 0 Å². The number of hydrogen-bond donors (Lipinski definition) is 2. The molecule has 1 aromatic heterocycles. The van der Waals surface area contributed by atoms with Crippen molar-refractivity contribution in [3.05, 3.63) is 23.4 Å². The Labute approximate surface area is 128 Å². The zero-order chi connectivity index (χ0) is 15.7. The van der Waals surface area contributed by atoms with Gasteiger partial charge in [0.15, 0.2) is 0 Å². The highest BCUT2D eigenvalue weighted by molar-refractivity contribution is 5.95. The fraction of sp³-hybridized carbons (Fsp3) is 0.647. The molecule has 0 fully saturated rings. The molecule has 1 heterocycles. The zero-order valence-corrected chi connectivity index (χ0v) is 13.6. The van der Waals surface area contributed by atoms with E-state index in [2.05, 4.69) is 31.1 Å². The lowest BCUT2D eigenvalue weighted by atomic mass is 10.1. The third-order valence-corrected chi connectivity index (χ3v) is 3.53. The fourth-order valence-electron chi connectivity index (χ4n) is 2.38. The Morgan fingerprint density at radius 1 is 1.24 bits per heavy atom. The molecular weight excluding hydrogens is 262 g/mol. The van der Waals surface area contributed by atoms with Gasteiger partial charge >= 0.3 is 0 Å². The van der Waals surface area contributed by atoms with Gasteiger partial charge in [-0.15, -0.1) is 0 Å². The van der Waals surface area contributed by atoms with Gasteiger partial charge in [0.25, 0.3) is 5.91 Å². The van der Waals surface area contributed by atoms with E-state index in [1.54, 1.807) is 6.07 Å². The van der Waals surface area contributed by atoms with Crippen LogP contribution in [0.2, 0.25) is 0 Å². The van der Waals surface area contributed by atoms with Crippen LogP contribution in [0.4, 0.5) is 5.82 Å². The maximum Gasteiger partial charge on any atom is 0.251 e. The molecule has 0 saturated carbocycles. The molecule has 4 heteroatoms. The minimum Gasteiger partial charge on any atom is -0.384 e. The van der Waals surface area contributed by atoms with Crippen molar-refractivity contribution in [3.8, 4) is 0 Å². The number of aromatic nitrogens is 1. The minimum atomic E-state index is -0.0514. The average molecular weight is 291 g/mol. The second-order valence-corrected chi connectivity index (χ2v) is 5.75. The van der Waals surface area contributed by atoms with E-state index in [1.165, 1.54) is 19.3 Å². The van der Waals surface area contributed by atoms with E-state index in [0.717, 1.165) is 31.4 Å². The van der Waals surface area contributed by atoms with Crippen LogP contribution in [0.5, 0.6) is 0 Å². The van der Waals surface area contributed by atoms with Gasteiger partial charge in [-0.1, -0.05) is 46.0 Å². The van der Waals surface area contributed by atoms with E-state index >= 15 is 0 Å². The Balaban J connectivity index is 2.54. The molecule has 1 rings (SSSR count). The van der Waals surface area contributed by atoms with Crippen molar-refractivity contribution in [2.75, 3.05) is 5.73 Å². The number of unbranched alkanes of at least 4 members (excludes halogenated alkanes) is 3. The van der Waals surface area contributed by atoms with Gasteiger partial charge in [0.2, 0.25) is 0 Å². The van der Waals surface area contributed by atoms with E-state index in [1.807, 2.05) is 6.07 Å².